The van der Waals surface area contributed by atoms with E-state index in [1.165, 1.54) is 0 Å². The third kappa shape index (κ3) is 6.74. The molecule has 0 aliphatic heterocycles. The Kier molecular flexibility index (Phi) is 9.24. The molecule has 0 bridgehead atoms. The molecule has 0 aromatic heterocycles. The minimum Gasteiger partial charge on any atom is -0.502 e. The Morgan fingerprint density at radius 3 is 2.50 bits per heavy atom. The van der Waals surface area contributed by atoms with E-state index in [4.69, 9.17) is 4.74 Å². The molecule has 1 unspecified atom stereocenters. The van der Waals surface area contributed by atoms with Crippen molar-refractivity contribution in [1.82, 2.24) is 10.9 Å². The van der Waals surface area contributed by atoms with Gasteiger partial charge in [-0.3, -0.25) is 35.2 Å². The lowest BCUT2D eigenvalue weighted by molar-refractivity contribution is -0.394. The third-order valence-corrected chi connectivity index (χ3v) is 4.31. The number of rotatable bonds is 11. The number of carbonyl (C=O) groups is 2. The highest BCUT2D eigenvalue weighted by Gasteiger charge is 2.27. The van der Waals surface area contributed by atoms with Gasteiger partial charge in [-0.2, -0.15) is 0 Å². The molecule has 1 rings (SSSR count). The van der Waals surface area contributed by atoms with E-state index in [0.29, 0.717) is 31.9 Å². The summed E-state index contributed by atoms with van der Waals surface area (Å²) in [4.78, 5) is 42.9. The Hall–Kier alpha value is -2.80. The Labute approximate surface area is 167 Å². The van der Waals surface area contributed by atoms with Gasteiger partial charge < -0.3 is 9.84 Å². The lowest BCUT2D eigenvalue weighted by atomic mass is 10.1. The second kappa shape index (κ2) is 11.1. The summed E-state index contributed by atoms with van der Waals surface area (Å²) in [6.07, 6.45) is 1.72. The Morgan fingerprint density at radius 2 is 1.93 bits per heavy atom. The molecule has 0 spiro atoms. The molecule has 3 N–H and O–H groups in total. The van der Waals surface area contributed by atoms with Crippen LogP contribution in [0.3, 0.4) is 0 Å². The lowest BCUT2D eigenvalue weighted by Gasteiger charge is -2.10. The van der Waals surface area contributed by atoms with Gasteiger partial charge in [0.05, 0.1) is 28.1 Å². The van der Waals surface area contributed by atoms with Crippen molar-refractivity contribution in [2.24, 2.45) is 0 Å². The van der Waals surface area contributed by atoms with E-state index in [9.17, 15) is 34.9 Å². The highest BCUT2D eigenvalue weighted by atomic mass is 79.9. The number of unbranched alkanes of at least 4 members (excludes halogenated alkanes) is 1. The number of carbonyl (C=O) groups excluding carboxylic acids is 2. The van der Waals surface area contributed by atoms with Gasteiger partial charge in [-0.05, 0) is 19.8 Å². The lowest BCUT2D eigenvalue weighted by Crippen LogP contribution is -2.38. The van der Waals surface area contributed by atoms with Crippen LogP contribution in [0.1, 0.15) is 36.5 Å². The summed E-state index contributed by atoms with van der Waals surface area (Å²) in [6.45, 7) is 2.29. The number of nitro benzene ring substituents is 2. The molecule has 0 aliphatic rings. The van der Waals surface area contributed by atoms with Crippen LogP contribution in [0.15, 0.2) is 12.1 Å². The quantitative estimate of drug-likeness (QED) is 0.146. The molecule has 0 fully saturated rings. The van der Waals surface area contributed by atoms with Crippen molar-refractivity contribution in [3.05, 3.63) is 37.9 Å². The van der Waals surface area contributed by atoms with Gasteiger partial charge >= 0.3 is 11.7 Å². The fourth-order valence-electron chi connectivity index (χ4n) is 2.12. The second-order valence-corrected chi connectivity index (χ2v) is 6.58. The molecule has 1 atom stereocenters. The van der Waals surface area contributed by atoms with Crippen LogP contribution in [-0.2, 0) is 9.53 Å². The fourth-order valence-corrected chi connectivity index (χ4v) is 2.58. The second-order valence-electron chi connectivity index (χ2n) is 5.47. The molecular weight excluding hydrogens is 444 g/mol. The van der Waals surface area contributed by atoms with E-state index in [1.807, 2.05) is 0 Å². The van der Waals surface area contributed by atoms with E-state index in [2.05, 4.69) is 26.8 Å². The number of phenols is 1. The highest BCUT2D eigenvalue weighted by molar-refractivity contribution is 9.10. The number of aromatic hydroxyl groups is 1. The molecule has 0 heterocycles. The van der Waals surface area contributed by atoms with Crippen LogP contribution < -0.4 is 10.9 Å². The number of ether oxygens (including phenoxy) is 1. The van der Waals surface area contributed by atoms with Gasteiger partial charge in [0.2, 0.25) is 5.75 Å². The molecule has 1 aromatic carbocycles. The molecular formula is C15H19BrN4O8. The maximum Gasteiger partial charge on any atom is 0.319 e. The highest BCUT2D eigenvalue weighted by Crippen LogP contribution is 2.34. The van der Waals surface area contributed by atoms with Crippen molar-refractivity contribution in [3.8, 4) is 5.75 Å². The molecule has 28 heavy (non-hydrogen) atoms. The number of hydrazine groups is 1. The van der Waals surface area contributed by atoms with E-state index < -0.39 is 43.3 Å². The molecule has 0 saturated heterocycles. The van der Waals surface area contributed by atoms with Crippen LogP contribution in [0, 0.1) is 20.2 Å². The van der Waals surface area contributed by atoms with E-state index in [1.54, 1.807) is 6.92 Å². The minimum absolute atomic E-state index is 0.289. The Morgan fingerprint density at radius 1 is 1.25 bits per heavy atom. The van der Waals surface area contributed by atoms with Gasteiger partial charge in [0.1, 0.15) is 4.83 Å². The molecule has 0 aliphatic carbocycles. The van der Waals surface area contributed by atoms with Crippen LogP contribution in [0.2, 0.25) is 0 Å². The standard InChI is InChI=1S/C15H19BrN4O8/c1-2-28-15(23)11(16)5-3-4-6-17-18-14(22)10-7-9(19(24)25)8-12(13(10)21)20(26)27/h7-8,11,17,21H,2-6H2,1H3,(H,18,22). The van der Waals surface area contributed by atoms with Crippen molar-refractivity contribution in [1.29, 1.82) is 0 Å². The predicted molar refractivity (Wildman–Crippen MR) is 100 cm³/mol. The fraction of sp³-hybridized carbons (Fsp3) is 0.467. The van der Waals surface area contributed by atoms with Gasteiger partial charge in [0.25, 0.3) is 11.6 Å². The summed E-state index contributed by atoms with van der Waals surface area (Å²) in [6, 6.07) is 1.31. The van der Waals surface area contributed by atoms with Crippen molar-refractivity contribution < 1.29 is 29.3 Å². The van der Waals surface area contributed by atoms with Crippen LogP contribution in [0.4, 0.5) is 11.4 Å². The zero-order chi connectivity index (χ0) is 21.3. The van der Waals surface area contributed by atoms with Gasteiger partial charge in [-0.15, -0.1) is 0 Å². The van der Waals surface area contributed by atoms with Gasteiger partial charge in [-0.1, -0.05) is 22.4 Å². The topological polar surface area (TPSA) is 174 Å². The summed E-state index contributed by atoms with van der Waals surface area (Å²) >= 11 is 3.21. The van der Waals surface area contributed by atoms with Crippen molar-refractivity contribution in [2.75, 3.05) is 13.2 Å². The number of non-ortho nitro benzene ring substituents is 1. The van der Waals surface area contributed by atoms with Gasteiger partial charge in [-0.25, -0.2) is 5.43 Å². The molecule has 1 aromatic rings. The number of halogens is 1. The maximum atomic E-state index is 12.1. The number of nitrogens with zero attached hydrogens (tertiary/aromatic N) is 2. The van der Waals surface area contributed by atoms with Crippen LogP contribution in [0.5, 0.6) is 5.75 Å². The van der Waals surface area contributed by atoms with E-state index in [0.717, 1.165) is 6.07 Å². The SMILES string of the molecule is CCOC(=O)C(Br)CCCCNNC(=O)c1cc([N+](=O)[O-])cc([N+](=O)[O-])c1O. The number of esters is 1. The number of alkyl halides is 1. The molecule has 154 valence electrons. The number of benzene rings is 1. The van der Waals surface area contributed by atoms with E-state index >= 15 is 0 Å². The zero-order valence-corrected chi connectivity index (χ0v) is 16.4. The first-order valence-corrected chi connectivity index (χ1v) is 9.10. The van der Waals surface area contributed by atoms with Crippen LogP contribution in [-0.4, -0.2) is 44.8 Å². The monoisotopic (exact) mass is 462 g/mol. The average molecular weight is 463 g/mol. The van der Waals surface area contributed by atoms with Gasteiger partial charge in [0.15, 0.2) is 0 Å². The normalized spacial score (nSPS) is 11.5. The number of phenolic OH excluding ortho intramolecular Hbond substituents is 1. The average Bonchev–Trinajstić information content (AvgIpc) is 2.63. The Bertz CT molecular complexity index is 758. The number of hydrogen-bond donors (Lipinski definition) is 3. The van der Waals surface area contributed by atoms with E-state index in [-0.39, 0.29) is 12.6 Å². The summed E-state index contributed by atoms with van der Waals surface area (Å²) in [5, 5.41) is 31.6. The number of amides is 1. The van der Waals surface area contributed by atoms with Crippen molar-refractivity contribution in [3.63, 3.8) is 0 Å². The third-order valence-electron chi connectivity index (χ3n) is 3.48. The number of hydrogen-bond acceptors (Lipinski definition) is 9. The van der Waals surface area contributed by atoms with Crippen LogP contribution in [0.25, 0.3) is 0 Å². The summed E-state index contributed by atoms with van der Waals surface area (Å²) in [5.74, 6) is -2.29. The zero-order valence-electron chi connectivity index (χ0n) is 14.8. The first-order chi connectivity index (χ1) is 13.2. The largest absolute Gasteiger partial charge is 0.502 e. The number of nitro groups is 2. The smallest absolute Gasteiger partial charge is 0.319 e. The van der Waals surface area contributed by atoms with Crippen molar-refractivity contribution >= 4 is 39.2 Å². The first kappa shape index (κ1) is 23.2. The molecule has 1 amide bonds. The summed E-state index contributed by atoms with van der Waals surface area (Å²) in [7, 11) is 0. The van der Waals surface area contributed by atoms with Crippen LogP contribution >= 0.6 is 15.9 Å². The summed E-state index contributed by atoms with van der Waals surface area (Å²) < 4.78 is 4.85. The Balaban J connectivity index is 2.57. The molecule has 0 radical (unpaired) electrons. The molecule has 12 nitrogen and oxygen atoms in total. The minimum atomic E-state index is -1.02. The molecule has 13 heteroatoms. The predicted octanol–water partition coefficient (Wildman–Crippen LogP) is 1.94. The number of nitrogens with one attached hydrogen (secondary N) is 2. The first-order valence-electron chi connectivity index (χ1n) is 8.18. The maximum absolute atomic E-state index is 12.1. The molecule has 0 saturated carbocycles. The summed E-state index contributed by atoms with van der Waals surface area (Å²) in [5.41, 5.74) is 2.52. The van der Waals surface area contributed by atoms with Gasteiger partial charge in [0, 0.05) is 12.6 Å². The van der Waals surface area contributed by atoms with Crippen molar-refractivity contribution in [2.45, 2.75) is 31.0 Å².